The Bertz CT molecular complexity index is 256. The summed E-state index contributed by atoms with van der Waals surface area (Å²) in [5, 5.41) is 0. The third kappa shape index (κ3) is 2.09. The fourth-order valence-electron chi connectivity index (χ4n) is 1.10. The van der Waals surface area contributed by atoms with E-state index in [1.807, 2.05) is 30.6 Å². The number of ether oxygens (including phenoxy) is 1. The van der Waals surface area contributed by atoms with Gasteiger partial charge in [0.25, 0.3) is 0 Å². The summed E-state index contributed by atoms with van der Waals surface area (Å²) >= 11 is 0. The summed E-state index contributed by atoms with van der Waals surface area (Å²) in [5.74, 6) is 0.841. The molecular formula is C10H11O2. The van der Waals surface area contributed by atoms with Crippen LogP contribution in [0.5, 0.6) is 5.75 Å². The highest BCUT2D eigenvalue weighted by Gasteiger charge is 1.99. The number of aryl methyl sites for hydroxylation is 1. The average Bonchev–Trinajstić information content (AvgIpc) is 2.15. The second-order valence-corrected chi connectivity index (χ2v) is 2.46. The number of para-hydroxylation sites is 1. The summed E-state index contributed by atoms with van der Waals surface area (Å²) in [6, 6.07) is 7.69. The molecule has 0 N–H and O–H groups in total. The first-order chi connectivity index (χ1) is 5.88. The van der Waals surface area contributed by atoms with Crippen LogP contribution in [0.25, 0.3) is 0 Å². The van der Waals surface area contributed by atoms with Crippen molar-refractivity contribution in [1.82, 2.24) is 0 Å². The van der Waals surface area contributed by atoms with Crippen molar-refractivity contribution in [3.63, 3.8) is 0 Å². The maximum Gasteiger partial charge on any atom is 0.198 e. The first-order valence-corrected chi connectivity index (χ1v) is 3.85. The summed E-state index contributed by atoms with van der Waals surface area (Å²) in [4.78, 5) is 10.0. The zero-order valence-corrected chi connectivity index (χ0v) is 7.04. The zero-order chi connectivity index (χ0) is 8.81. The lowest BCUT2D eigenvalue weighted by Gasteiger charge is -2.05. The molecule has 0 heterocycles. The second-order valence-electron chi connectivity index (χ2n) is 2.46. The molecule has 0 atom stereocenters. The lowest BCUT2D eigenvalue weighted by atomic mass is 10.1. The van der Waals surface area contributed by atoms with Crippen LogP contribution in [-0.2, 0) is 11.2 Å². The van der Waals surface area contributed by atoms with E-state index in [2.05, 4.69) is 0 Å². The maximum atomic E-state index is 10.0. The molecule has 2 heteroatoms. The molecule has 0 aliphatic heterocycles. The number of hydrogen-bond donors (Lipinski definition) is 0. The van der Waals surface area contributed by atoms with E-state index in [0.717, 1.165) is 11.3 Å². The van der Waals surface area contributed by atoms with Gasteiger partial charge < -0.3 is 4.74 Å². The topological polar surface area (TPSA) is 26.3 Å². The molecule has 0 saturated carbocycles. The molecule has 0 bridgehead atoms. The van der Waals surface area contributed by atoms with Gasteiger partial charge in [-0.3, -0.25) is 4.79 Å². The van der Waals surface area contributed by atoms with Crippen LogP contribution in [0.15, 0.2) is 24.3 Å². The Morgan fingerprint density at radius 2 is 2.17 bits per heavy atom. The molecule has 1 rings (SSSR count). The van der Waals surface area contributed by atoms with Gasteiger partial charge >= 0.3 is 0 Å². The van der Waals surface area contributed by atoms with Crippen molar-refractivity contribution >= 4 is 6.29 Å². The Kier molecular flexibility index (Phi) is 3.33. The quantitative estimate of drug-likeness (QED) is 0.675. The number of rotatable bonds is 4. The van der Waals surface area contributed by atoms with Crippen molar-refractivity contribution in [3.05, 3.63) is 29.8 Å². The van der Waals surface area contributed by atoms with E-state index in [1.54, 1.807) is 7.11 Å². The molecule has 0 spiro atoms. The molecule has 0 amide bonds. The van der Waals surface area contributed by atoms with Gasteiger partial charge in [-0.2, -0.15) is 0 Å². The molecule has 1 aromatic carbocycles. The summed E-state index contributed by atoms with van der Waals surface area (Å²) in [6.45, 7) is 0. The average molecular weight is 163 g/mol. The highest BCUT2D eigenvalue weighted by atomic mass is 16.5. The minimum Gasteiger partial charge on any atom is -0.496 e. The molecule has 0 saturated heterocycles. The van der Waals surface area contributed by atoms with Crippen LogP contribution in [0.3, 0.4) is 0 Å². The molecule has 0 aromatic heterocycles. The molecule has 12 heavy (non-hydrogen) atoms. The van der Waals surface area contributed by atoms with E-state index in [1.165, 1.54) is 0 Å². The van der Waals surface area contributed by atoms with E-state index in [-0.39, 0.29) is 0 Å². The second kappa shape index (κ2) is 4.54. The Labute approximate surface area is 72.2 Å². The Morgan fingerprint density at radius 1 is 1.42 bits per heavy atom. The van der Waals surface area contributed by atoms with Crippen LogP contribution >= 0.6 is 0 Å². The molecule has 63 valence electrons. The van der Waals surface area contributed by atoms with Gasteiger partial charge in [0, 0.05) is 6.42 Å². The molecule has 0 aliphatic carbocycles. The van der Waals surface area contributed by atoms with Gasteiger partial charge in [0.15, 0.2) is 6.29 Å². The summed E-state index contributed by atoms with van der Waals surface area (Å²) < 4.78 is 5.11. The van der Waals surface area contributed by atoms with Crippen molar-refractivity contribution in [3.8, 4) is 5.75 Å². The van der Waals surface area contributed by atoms with E-state index in [4.69, 9.17) is 4.74 Å². The van der Waals surface area contributed by atoms with Crippen molar-refractivity contribution in [2.24, 2.45) is 0 Å². The Balaban J connectivity index is 2.74. The Hall–Kier alpha value is -1.31. The minimum absolute atomic E-state index is 0.431. The molecule has 2 nitrogen and oxygen atoms in total. The van der Waals surface area contributed by atoms with Crippen LogP contribution < -0.4 is 4.74 Å². The first kappa shape index (κ1) is 8.78. The van der Waals surface area contributed by atoms with Gasteiger partial charge in [-0.15, -0.1) is 0 Å². The predicted octanol–water partition coefficient (Wildman–Crippen LogP) is 1.74. The summed E-state index contributed by atoms with van der Waals surface area (Å²) in [5.41, 5.74) is 1.06. The van der Waals surface area contributed by atoms with Gasteiger partial charge in [0.1, 0.15) is 5.75 Å². The normalized spacial score (nSPS) is 9.42. The smallest absolute Gasteiger partial charge is 0.198 e. The van der Waals surface area contributed by atoms with Crippen LogP contribution in [-0.4, -0.2) is 13.4 Å². The highest BCUT2D eigenvalue weighted by molar-refractivity contribution is 5.51. The number of carbonyl (C=O) groups excluding carboxylic acids is 1. The molecule has 0 unspecified atom stereocenters. The molecule has 1 aromatic rings. The Morgan fingerprint density at radius 3 is 2.83 bits per heavy atom. The van der Waals surface area contributed by atoms with E-state index < -0.39 is 0 Å². The van der Waals surface area contributed by atoms with Crippen molar-refractivity contribution in [2.45, 2.75) is 12.8 Å². The summed E-state index contributed by atoms with van der Waals surface area (Å²) in [7, 11) is 1.63. The third-order valence-corrected chi connectivity index (χ3v) is 1.69. The number of hydrogen-bond acceptors (Lipinski definition) is 2. The lowest BCUT2D eigenvalue weighted by Crippen LogP contribution is -1.91. The first-order valence-electron chi connectivity index (χ1n) is 3.85. The third-order valence-electron chi connectivity index (χ3n) is 1.69. The van der Waals surface area contributed by atoms with E-state index >= 15 is 0 Å². The predicted molar refractivity (Wildman–Crippen MR) is 47.0 cm³/mol. The van der Waals surface area contributed by atoms with Crippen molar-refractivity contribution in [2.75, 3.05) is 7.11 Å². The summed E-state index contributed by atoms with van der Waals surface area (Å²) in [6.07, 6.45) is 2.99. The fraction of sp³-hybridized carbons (Fsp3) is 0.300. The monoisotopic (exact) mass is 163 g/mol. The van der Waals surface area contributed by atoms with Crippen LogP contribution in [0.2, 0.25) is 0 Å². The SMILES string of the molecule is COc1ccccc1CC[C]=O. The van der Waals surface area contributed by atoms with Gasteiger partial charge in [-0.25, -0.2) is 0 Å². The van der Waals surface area contributed by atoms with Gasteiger partial charge in [-0.05, 0) is 18.1 Å². The molecule has 0 fully saturated rings. The number of methoxy groups -OCH3 is 1. The lowest BCUT2D eigenvalue weighted by molar-refractivity contribution is 0.409. The molecule has 1 radical (unpaired) electrons. The highest BCUT2D eigenvalue weighted by Crippen LogP contribution is 2.17. The molecular weight excluding hydrogens is 152 g/mol. The number of benzene rings is 1. The molecule has 0 aliphatic rings. The van der Waals surface area contributed by atoms with Crippen molar-refractivity contribution in [1.29, 1.82) is 0 Å². The van der Waals surface area contributed by atoms with Gasteiger partial charge in [0.2, 0.25) is 0 Å². The largest absolute Gasteiger partial charge is 0.496 e. The zero-order valence-electron chi connectivity index (χ0n) is 7.04. The fourth-order valence-corrected chi connectivity index (χ4v) is 1.10. The minimum atomic E-state index is 0.431. The van der Waals surface area contributed by atoms with E-state index in [0.29, 0.717) is 12.8 Å². The standard InChI is InChI=1S/C10H11O2/c1-12-10-7-3-2-5-9(10)6-4-8-11/h2-3,5,7H,4,6H2,1H3. The van der Waals surface area contributed by atoms with E-state index in [9.17, 15) is 4.79 Å². The van der Waals surface area contributed by atoms with Crippen LogP contribution in [0.4, 0.5) is 0 Å². The van der Waals surface area contributed by atoms with Crippen LogP contribution in [0, 0.1) is 0 Å². The maximum absolute atomic E-state index is 10.0. The van der Waals surface area contributed by atoms with Gasteiger partial charge in [0.05, 0.1) is 7.11 Å². The van der Waals surface area contributed by atoms with Crippen LogP contribution in [0.1, 0.15) is 12.0 Å². The van der Waals surface area contributed by atoms with Gasteiger partial charge in [-0.1, -0.05) is 18.2 Å². The van der Waals surface area contributed by atoms with Crippen molar-refractivity contribution < 1.29 is 9.53 Å².